The van der Waals surface area contributed by atoms with E-state index in [2.05, 4.69) is 25.6 Å². The molecule has 7 nitrogen and oxygen atoms in total. The minimum absolute atomic E-state index is 0.0330. The molecule has 1 aromatic carbocycles. The summed E-state index contributed by atoms with van der Waals surface area (Å²) in [7, 11) is 0. The number of hydrogen-bond acceptors (Lipinski definition) is 4. The molecule has 8 heteroatoms. The zero-order valence-corrected chi connectivity index (χ0v) is 18.2. The van der Waals surface area contributed by atoms with Crippen LogP contribution in [0.3, 0.4) is 0 Å². The Morgan fingerprint density at radius 2 is 1.97 bits per heavy atom. The van der Waals surface area contributed by atoms with Crippen LogP contribution in [-0.2, 0) is 6.54 Å². The van der Waals surface area contributed by atoms with Crippen LogP contribution in [0.15, 0.2) is 60.0 Å². The van der Waals surface area contributed by atoms with Gasteiger partial charge in [0.1, 0.15) is 23.5 Å². The van der Waals surface area contributed by atoms with Crippen molar-refractivity contribution in [3.63, 3.8) is 0 Å². The number of rotatable bonds is 8. The Hall–Kier alpha value is -3.06. The quantitative estimate of drug-likeness (QED) is 0.423. The fourth-order valence-corrected chi connectivity index (χ4v) is 2.94. The molecule has 1 atom stereocenters. The number of ether oxygens (including phenoxy) is 1. The van der Waals surface area contributed by atoms with Gasteiger partial charge in [-0.2, -0.15) is 0 Å². The van der Waals surface area contributed by atoms with Crippen LogP contribution in [0.2, 0.25) is 5.02 Å². The van der Waals surface area contributed by atoms with Gasteiger partial charge in [-0.1, -0.05) is 17.7 Å². The highest BCUT2D eigenvalue weighted by atomic mass is 35.5. The number of imidazole rings is 1. The highest BCUT2D eigenvalue weighted by molar-refractivity contribution is 6.30. The Bertz CT molecular complexity index is 953. The van der Waals surface area contributed by atoms with Crippen LogP contribution in [0.5, 0.6) is 5.75 Å². The summed E-state index contributed by atoms with van der Waals surface area (Å²) in [6, 6.07) is 11.4. The fourth-order valence-electron chi connectivity index (χ4n) is 2.81. The third kappa shape index (κ3) is 6.22. The molecule has 0 aliphatic rings. The number of benzene rings is 1. The van der Waals surface area contributed by atoms with E-state index >= 15 is 0 Å². The third-order valence-corrected chi connectivity index (χ3v) is 4.61. The maximum Gasteiger partial charge on any atom is 0.191 e. The van der Waals surface area contributed by atoms with Gasteiger partial charge in [0, 0.05) is 30.2 Å². The summed E-state index contributed by atoms with van der Waals surface area (Å²) < 4.78 is 7.84. The first kappa shape index (κ1) is 21.6. The smallest absolute Gasteiger partial charge is 0.191 e. The van der Waals surface area contributed by atoms with E-state index in [9.17, 15) is 0 Å². The molecule has 0 aliphatic carbocycles. The predicted molar refractivity (Wildman–Crippen MR) is 120 cm³/mol. The average Bonchev–Trinajstić information content (AvgIpc) is 3.18. The van der Waals surface area contributed by atoms with Gasteiger partial charge in [0.25, 0.3) is 0 Å². The molecule has 0 amide bonds. The van der Waals surface area contributed by atoms with Crippen molar-refractivity contribution in [1.82, 2.24) is 25.2 Å². The zero-order valence-electron chi connectivity index (χ0n) is 17.5. The number of aryl methyl sites for hydroxylation is 1. The second kappa shape index (κ2) is 10.6. The maximum atomic E-state index is 5.91. The minimum atomic E-state index is -0.0330. The van der Waals surface area contributed by atoms with E-state index in [-0.39, 0.29) is 6.10 Å². The highest BCUT2D eigenvalue weighted by Crippen LogP contribution is 2.16. The topological polar surface area (TPSA) is 76.4 Å². The van der Waals surface area contributed by atoms with Crippen molar-refractivity contribution in [1.29, 1.82) is 0 Å². The summed E-state index contributed by atoms with van der Waals surface area (Å²) >= 11 is 5.91. The van der Waals surface area contributed by atoms with E-state index in [1.807, 2.05) is 74.1 Å². The van der Waals surface area contributed by atoms with Crippen LogP contribution in [0, 0.1) is 6.92 Å². The first-order valence-electron chi connectivity index (χ1n) is 9.95. The molecule has 3 rings (SSSR count). The molecule has 158 valence electrons. The normalized spacial score (nSPS) is 12.5. The summed E-state index contributed by atoms with van der Waals surface area (Å²) in [4.78, 5) is 13.4. The number of nitrogens with one attached hydrogen (secondary N) is 2. The third-order valence-electron chi connectivity index (χ3n) is 4.35. The first-order valence-corrected chi connectivity index (χ1v) is 10.3. The van der Waals surface area contributed by atoms with Crippen LogP contribution in [0.1, 0.15) is 25.2 Å². The summed E-state index contributed by atoms with van der Waals surface area (Å²) in [5, 5.41) is 7.26. The largest absolute Gasteiger partial charge is 0.489 e. The summed E-state index contributed by atoms with van der Waals surface area (Å²) in [6.45, 7) is 7.91. The molecule has 0 spiro atoms. The number of guanidine groups is 1. The average molecular weight is 427 g/mol. The SMILES string of the molecule is CCNC(=NCc1ccc(-n2ccnc2C)nc1)NCC(C)Oc1ccc(Cl)cc1. The number of halogens is 1. The number of hydrogen-bond donors (Lipinski definition) is 2. The van der Waals surface area contributed by atoms with Gasteiger partial charge < -0.3 is 15.4 Å². The highest BCUT2D eigenvalue weighted by Gasteiger charge is 2.06. The molecule has 30 heavy (non-hydrogen) atoms. The Kier molecular flexibility index (Phi) is 7.68. The Morgan fingerprint density at radius 1 is 1.17 bits per heavy atom. The number of aromatic nitrogens is 3. The van der Waals surface area contributed by atoms with Gasteiger partial charge in [-0.15, -0.1) is 0 Å². The van der Waals surface area contributed by atoms with Crippen molar-refractivity contribution >= 4 is 17.6 Å². The molecule has 2 heterocycles. The van der Waals surface area contributed by atoms with Crippen molar-refractivity contribution < 1.29 is 4.74 Å². The van der Waals surface area contributed by atoms with Crippen molar-refractivity contribution in [2.24, 2.45) is 4.99 Å². The monoisotopic (exact) mass is 426 g/mol. The Morgan fingerprint density at radius 3 is 2.60 bits per heavy atom. The van der Waals surface area contributed by atoms with Crippen LogP contribution in [0.25, 0.3) is 5.82 Å². The van der Waals surface area contributed by atoms with Crippen LogP contribution < -0.4 is 15.4 Å². The second-order valence-electron chi connectivity index (χ2n) is 6.83. The van der Waals surface area contributed by atoms with E-state index in [1.165, 1.54) is 0 Å². The molecule has 1 unspecified atom stereocenters. The van der Waals surface area contributed by atoms with Crippen LogP contribution in [0.4, 0.5) is 0 Å². The molecule has 0 radical (unpaired) electrons. The lowest BCUT2D eigenvalue weighted by Crippen LogP contribution is -2.41. The van der Waals surface area contributed by atoms with Gasteiger partial charge >= 0.3 is 0 Å². The number of aliphatic imine (C=N–C) groups is 1. The molecule has 0 bridgehead atoms. The number of pyridine rings is 1. The zero-order chi connectivity index (χ0) is 21.3. The van der Waals surface area contributed by atoms with Crippen molar-refractivity contribution in [3.05, 3.63) is 71.4 Å². The van der Waals surface area contributed by atoms with Gasteiger partial charge in [-0.25, -0.2) is 15.0 Å². The molecule has 3 aromatic rings. The summed E-state index contributed by atoms with van der Waals surface area (Å²) in [6.07, 6.45) is 5.47. The lowest BCUT2D eigenvalue weighted by atomic mass is 10.3. The summed E-state index contributed by atoms with van der Waals surface area (Å²) in [5.74, 6) is 3.27. The molecule has 2 aromatic heterocycles. The van der Waals surface area contributed by atoms with Gasteiger partial charge in [0.15, 0.2) is 5.96 Å². The molecular weight excluding hydrogens is 400 g/mol. The van der Waals surface area contributed by atoms with E-state index in [1.54, 1.807) is 6.20 Å². The Balaban J connectivity index is 1.54. The van der Waals surface area contributed by atoms with E-state index in [0.717, 1.165) is 35.5 Å². The first-order chi connectivity index (χ1) is 14.5. The van der Waals surface area contributed by atoms with Crippen LogP contribution >= 0.6 is 11.6 Å². The molecule has 0 fully saturated rings. The van der Waals surface area contributed by atoms with Gasteiger partial charge in [-0.05, 0) is 56.7 Å². The van der Waals surface area contributed by atoms with E-state index in [4.69, 9.17) is 16.3 Å². The Labute approximate surface area is 182 Å². The molecule has 0 saturated heterocycles. The van der Waals surface area contributed by atoms with Crippen molar-refractivity contribution in [2.75, 3.05) is 13.1 Å². The van der Waals surface area contributed by atoms with E-state index < -0.39 is 0 Å². The lowest BCUT2D eigenvalue weighted by Gasteiger charge is -2.17. The van der Waals surface area contributed by atoms with Crippen molar-refractivity contribution in [3.8, 4) is 11.6 Å². The van der Waals surface area contributed by atoms with Crippen LogP contribution in [-0.4, -0.2) is 39.7 Å². The fraction of sp³-hybridized carbons (Fsp3) is 0.318. The molecule has 0 aliphatic heterocycles. The van der Waals surface area contributed by atoms with Gasteiger partial charge in [0.05, 0.1) is 13.1 Å². The second-order valence-corrected chi connectivity index (χ2v) is 7.26. The lowest BCUT2D eigenvalue weighted by molar-refractivity contribution is 0.224. The van der Waals surface area contributed by atoms with Crippen molar-refractivity contribution in [2.45, 2.75) is 33.4 Å². The van der Waals surface area contributed by atoms with Gasteiger partial charge in [0.2, 0.25) is 0 Å². The summed E-state index contributed by atoms with van der Waals surface area (Å²) in [5.41, 5.74) is 1.03. The standard InChI is InChI=1S/C22H27ClN6O/c1-4-24-22(27-13-16(2)30-20-8-6-19(23)7-9-20)28-15-18-5-10-21(26-14-18)29-12-11-25-17(29)3/h5-12,14,16H,4,13,15H2,1-3H3,(H2,24,27,28). The predicted octanol–water partition coefficient (Wildman–Crippen LogP) is 3.75. The van der Waals surface area contributed by atoms with Gasteiger partial charge in [-0.3, -0.25) is 4.57 Å². The molecular formula is C22H27ClN6O. The van der Waals surface area contributed by atoms with E-state index in [0.29, 0.717) is 18.1 Å². The molecule has 0 saturated carbocycles. The minimum Gasteiger partial charge on any atom is -0.489 e. The number of nitrogens with zero attached hydrogens (tertiary/aromatic N) is 4. The maximum absolute atomic E-state index is 5.91. The molecule has 2 N–H and O–H groups in total.